The molecule has 0 atom stereocenters. The first-order chi connectivity index (χ1) is 15.9. The fourth-order valence-electron chi connectivity index (χ4n) is 2.88. The molecule has 0 aliphatic heterocycles. The van der Waals surface area contributed by atoms with E-state index in [9.17, 15) is 13.2 Å². The number of aromatic nitrogens is 3. The molecule has 0 aliphatic carbocycles. The first-order valence-electron chi connectivity index (χ1n) is 9.76. The van der Waals surface area contributed by atoms with E-state index < -0.39 is 15.9 Å². The fraction of sp³-hybridized carbons (Fsp3) is 0.0455. The summed E-state index contributed by atoms with van der Waals surface area (Å²) in [5, 5.41) is 10.0. The fourth-order valence-corrected chi connectivity index (χ4v) is 3.72. The van der Waals surface area contributed by atoms with Crippen molar-refractivity contribution in [2.24, 2.45) is 0 Å². The van der Waals surface area contributed by atoms with Crippen LogP contribution in [-0.4, -0.2) is 36.6 Å². The average Bonchev–Trinajstić information content (AvgIpc) is 3.32. The molecule has 0 saturated heterocycles. The summed E-state index contributed by atoms with van der Waals surface area (Å²) >= 11 is 0. The van der Waals surface area contributed by atoms with Crippen molar-refractivity contribution in [3.05, 3.63) is 84.4 Å². The van der Waals surface area contributed by atoms with Crippen LogP contribution in [0, 0.1) is 0 Å². The number of nitrogens with one attached hydrogen (secondary N) is 4. The first kappa shape index (κ1) is 22.0. The number of hydrazine groups is 1. The van der Waals surface area contributed by atoms with Gasteiger partial charge in [0.1, 0.15) is 5.75 Å². The molecular weight excluding hydrogens is 444 g/mol. The van der Waals surface area contributed by atoms with Gasteiger partial charge in [-0.1, -0.05) is 30.3 Å². The average molecular weight is 465 g/mol. The zero-order valence-corrected chi connectivity index (χ0v) is 18.3. The van der Waals surface area contributed by atoms with Gasteiger partial charge in [0.2, 0.25) is 5.95 Å². The number of carbonyl (C=O) groups excluding carboxylic acids is 1. The van der Waals surface area contributed by atoms with Gasteiger partial charge in [-0.25, -0.2) is 8.42 Å². The topological polar surface area (TPSA) is 138 Å². The number of anilines is 2. The standard InChI is InChI=1S/C22H20N6O4S/c1-32-18-11-13-19(14-12-18)33(30,31)28-26-21(29)16-7-9-17(10-8-16)23-22-24-20(25-27-22)15-5-3-2-4-6-15/h2-14,28H,1H3,(H,26,29)(H2,23,24,25,27). The lowest BCUT2D eigenvalue weighted by Crippen LogP contribution is -2.41. The maximum absolute atomic E-state index is 12.3. The monoisotopic (exact) mass is 464 g/mol. The van der Waals surface area contributed by atoms with Gasteiger partial charge in [-0.15, -0.1) is 9.93 Å². The Kier molecular flexibility index (Phi) is 6.33. The van der Waals surface area contributed by atoms with Crippen molar-refractivity contribution in [2.45, 2.75) is 4.90 Å². The van der Waals surface area contributed by atoms with Gasteiger partial charge in [0.15, 0.2) is 5.82 Å². The first-order valence-corrected chi connectivity index (χ1v) is 11.2. The molecule has 0 aliphatic rings. The second kappa shape index (κ2) is 9.51. The zero-order chi connectivity index (χ0) is 23.3. The summed E-state index contributed by atoms with van der Waals surface area (Å²) in [6.07, 6.45) is 0. The molecule has 0 saturated carbocycles. The summed E-state index contributed by atoms with van der Waals surface area (Å²) in [6, 6.07) is 21.8. The molecule has 4 aromatic rings. The van der Waals surface area contributed by atoms with Crippen LogP contribution in [0.4, 0.5) is 11.6 Å². The molecule has 168 valence electrons. The van der Waals surface area contributed by atoms with Gasteiger partial charge in [0, 0.05) is 16.8 Å². The molecule has 0 bridgehead atoms. The molecule has 33 heavy (non-hydrogen) atoms. The molecule has 11 heteroatoms. The molecular formula is C22H20N6O4S. The highest BCUT2D eigenvalue weighted by Crippen LogP contribution is 2.19. The van der Waals surface area contributed by atoms with Gasteiger partial charge in [0.25, 0.3) is 15.9 Å². The highest BCUT2D eigenvalue weighted by Gasteiger charge is 2.16. The van der Waals surface area contributed by atoms with Crippen LogP contribution < -0.4 is 20.3 Å². The van der Waals surface area contributed by atoms with E-state index in [2.05, 4.69) is 30.8 Å². The number of amides is 1. The van der Waals surface area contributed by atoms with Crippen LogP contribution in [0.2, 0.25) is 0 Å². The summed E-state index contributed by atoms with van der Waals surface area (Å²) < 4.78 is 29.7. The van der Waals surface area contributed by atoms with Crippen LogP contribution in [0.25, 0.3) is 11.4 Å². The number of benzene rings is 3. The van der Waals surface area contributed by atoms with E-state index in [1.807, 2.05) is 30.3 Å². The van der Waals surface area contributed by atoms with Crippen LogP contribution in [-0.2, 0) is 10.0 Å². The van der Waals surface area contributed by atoms with Crippen molar-refractivity contribution < 1.29 is 17.9 Å². The number of aromatic amines is 1. The minimum atomic E-state index is -3.93. The number of nitrogens with zero attached hydrogens (tertiary/aromatic N) is 2. The quantitative estimate of drug-likeness (QED) is 0.294. The Morgan fingerprint density at radius 1 is 0.939 bits per heavy atom. The third kappa shape index (κ3) is 5.34. The predicted octanol–water partition coefficient (Wildman–Crippen LogP) is 2.85. The molecule has 0 spiro atoms. The van der Waals surface area contributed by atoms with Crippen molar-refractivity contribution in [1.29, 1.82) is 0 Å². The number of ether oxygens (including phenoxy) is 1. The number of carbonyl (C=O) groups is 1. The second-order valence-corrected chi connectivity index (χ2v) is 8.49. The highest BCUT2D eigenvalue weighted by atomic mass is 32.2. The number of methoxy groups -OCH3 is 1. The van der Waals surface area contributed by atoms with Crippen LogP contribution in [0.1, 0.15) is 10.4 Å². The maximum Gasteiger partial charge on any atom is 0.266 e. The lowest BCUT2D eigenvalue weighted by molar-refractivity contribution is 0.0945. The second-order valence-electron chi connectivity index (χ2n) is 6.81. The Morgan fingerprint density at radius 2 is 1.64 bits per heavy atom. The summed E-state index contributed by atoms with van der Waals surface area (Å²) in [4.78, 5) is 18.8. The van der Waals surface area contributed by atoms with Gasteiger partial charge < -0.3 is 10.1 Å². The van der Waals surface area contributed by atoms with Crippen LogP contribution in [0.5, 0.6) is 5.75 Å². The maximum atomic E-state index is 12.3. The van der Waals surface area contributed by atoms with Crippen LogP contribution in [0.3, 0.4) is 0 Å². The van der Waals surface area contributed by atoms with Crippen molar-refractivity contribution in [2.75, 3.05) is 12.4 Å². The van der Waals surface area contributed by atoms with E-state index in [0.29, 0.717) is 23.2 Å². The van der Waals surface area contributed by atoms with Gasteiger partial charge in [-0.2, -0.15) is 4.98 Å². The molecule has 0 fully saturated rings. The highest BCUT2D eigenvalue weighted by molar-refractivity contribution is 7.89. The van der Waals surface area contributed by atoms with E-state index >= 15 is 0 Å². The van der Waals surface area contributed by atoms with E-state index in [-0.39, 0.29) is 10.5 Å². The summed E-state index contributed by atoms with van der Waals surface area (Å²) in [5.41, 5.74) is 4.02. The summed E-state index contributed by atoms with van der Waals surface area (Å²) in [7, 11) is -2.45. The molecule has 1 heterocycles. The van der Waals surface area contributed by atoms with Gasteiger partial charge in [-0.05, 0) is 48.5 Å². The Labute approximate surface area is 190 Å². The van der Waals surface area contributed by atoms with E-state index in [0.717, 1.165) is 5.56 Å². The third-order valence-corrected chi connectivity index (χ3v) is 5.87. The predicted molar refractivity (Wildman–Crippen MR) is 122 cm³/mol. The minimum absolute atomic E-state index is 0.00970. The molecule has 3 aromatic carbocycles. The molecule has 1 amide bonds. The molecule has 0 radical (unpaired) electrons. The van der Waals surface area contributed by atoms with Gasteiger partial charge in [0.05, 0.1) is 12.0 Å². The normalized spacial score (nSPS) is 11.1. The molecule has 0 unspecified atom stereocenters. The lowest BCUT2D eigenvalue weighted by atomic mass is 10.2. The minimum Gasteiger partial charge on any atom is -0.497 e. The van der Waals surface area contributed by atoms with Gasteiger partial charge in [-0.3, -0.25) is 15.3 Å². The number of H-pyrrole nitrogens is 1. The zero-order valence-electron chi connectivity index (χ0n) is 17.4. The summed E-state index contributed by atoms with van der Waals surface area (Å²) in [5.74, 6) is 0.910. The van der Waals surface area contributed by atoms with Crippen molar-refractivity contribution in [3.63, 3.8) is 0 Å². The van der Waals surface area contributed by atoms with E-state index in [1.54, 1.807) is 24.3 Å². The number of hydrogen-bond acceptors (Lipinski definition) is 7. The Hall–Kier alpha value is -4.22. The lowest BCUT2D eigenvalue weighted by Gasteiger charge is -2.09. The molecule has 4 N–H and O–H groups in total. The number of rotatable bonds is 8. The Morgan fingerprint density at radius 3 is 2.30 bits per heavy atom. The Bertz CT molecular complexity index is 1340. The number of hydrogen-bond donors (Lipinski definition) is 4. The molecule has 1 aromatic heterocycles. The largest absolute Gasteiger partial charge is 0.497 e. The third-order valence-electron chi connectivity index (χ3n) is 4.60. The Balaban J connectivity index is 1.36. The van der Waals surface area contributed by atoms with Crippen molar-refractivity contribution in [3.8, 4) is 17.1 Å². The number of sulfonamides is 1. The summed E-state index contributed by atoms with van der Waals surface area (Å²) in [6.45, 7) is 0. The van der Waals surface area contributed by atoms with Gasteiger partial charge >= 0.3 is 0 Å². The van der Waals surface area contributed by atoms with Crippen molar-refractivity contribution in [1.82, 2.24) is 25.4 Å². The van der Waals surface area contributed by atoms with Crippen LogP contribution >= 0.6 is 0 Å². The van der Waals surface area contributed by atoms with Crippen molar-refractivity contribution >= 4 is 27.6 Å². The smallest absolute Gasteiger partial charge is 0.266 e. The van der Waals surface area contributed by atoms with E-state index in [1.165, 1.54) is 31.4 Å². The van der Waals surface area contributed by atoms with Crippen LogP contribution in [0.15, 0.2) is 83.8 Å². The SMILES string of the molecule is COc1ccc(S(=O)(=O)NNC(=O)c2ccc(Nc3n[nH]c(-c4ccccc4)n3)cc2)cc1. The molecule has 4 rings (SSSR count). The van der Waals surface area contributed by atoms with E-state index in [4.69, 9.17) is 4.74 Å². The molecule has 10 nitrogen and oxygen atoms in total.